The molecule has 1 aliphatic carbocycles. The maximum absolute atomic E-state index is 11.0. The minimum atomic E-state index is -0.249. The average molecular weight is 225 g/mol. The first-order chi connectivity index (χ1) is 7.72. The van der Waals surface area contributed by atoms with E-state index in [2.05, 4.69) is 12.2 Å². The Morgan fingerprint density at radius 3 is 3.00 bits per heavy atom. The van der Waals surface area contributed by atoms with Crippen molar-refractivity contribution in [3.8, 4) is 0 Å². The zero-order valence-corrected chi connectivity index (χ0v) is 10.4. The maximum Gasteiger partial charge on any atom is 0.330 e. The molecule has 1 aliphatic rings. The normalized spacial score (nSPS) is 25.9. The highest BCUT2D eigenvalue weighted by Gasteiger charge is 2.17. The van der Waals surface area contributed by atoms with Crippen LogP contribution in [-0.2, 0) is 9.53 Å². The fraction of sp³-hybridized carbons (Fsp3) is 0.769. The zero-order chi connectivity index (χ0) is 11.8. The number of nitrogens with one attached hydrogen (secondary N) is 1. The molecule has 0 heterocycles. The molecule has 3 heteroatoms. The van der Waals surface area contributed by atoms with Crippen LogP contribution in [0.4, 0.5) is 0 Å². The Balaban J connectivity index is 2.12. The SMILES string of the molecule is CCOC(=O)/C=C/CNC1CCCC(C)C1. The summed E-state index contributed by atoms with van der Waals surface area (Å²) in [5.41, 5.74) is 0. The summed E-state index contributed by atoms with van der Waals surface area (Å²) in [6.45, 7) is 5.32. The van der Waals surface area contributed by atoms with E-state index in [1.165, 1.54) is 31.8 Å². The number of hydrogen-bond acceptors (Lipinski definition) is 3. The molecule has 1 rings (SSSR count). The Kier molecular flexibility index (Phi) is 6.16. The molecule has 3 nitrogen and oxygen atoms in total. The second-order valence-corrected chi connectivity index (χ2v) is 4.53. The molecular formula is C13H23NO2. The van der Waals surface area contributed by atoms with Gasteiger partial charge >= 0.3 is 5.97 Å². The van der Waals surface area contributed by atoms with Gasteiger partial charge in [-0.25, -0.2) is 4.79 Å². The molecule has 0 saturated heterocycles. The standard InChI is InChI=1S/C13H23NO2/c1-3-16-13(15)8-5-9-14-12-7-4-6-11(2)10-12/h5,8,11-12,14H,3-4,6-7,9-10H2,1-2H3/b8-5+. The molecule has 0 aromatic heterocycles. The lowest BCUT2D eigenvalue weighted by Gasteiger charge is -2.27. The van der Waals surface area contributed by atoms with Crippen molar-refractivity contribution in [2.75, 3.05) is 13.2 Å². The van der Waals surface area contributed by atoms with Crippen molar-refractivity contribution in [1.82, 2.24) is 5.32 Å². The Labute approximate surface area is 98.2 Å². The van der Waals surface area contributed by atoms with Crippen LogP contribution in [-0.4, -0.2) is 25.2 Å². The van der Waals surface area contributed by atoms with Crippen LogP contribution in [0.2, 0.25) is 0 Å². The van der Waals surface area contributed by atoms with Crippen molar-refractivity contribution < 1.29 is 9.53 Å². The first-order valence-corrected chi connectivity index (χ1v) is 6.29. The molecule has 0 radical (unpaired) electrons. The largest absolute Gasteiger partial charge is 0.463 e. The molecule has 0 aromatic rings. The maximum atomic E-state index is 11.0. The number of rotatable bonds is 5. The van der Waals surface area contributed by atoms with Gasteiger partial charge in [-0.05, 0) is 25.7 Å². The van der Waals surface area contributed by atoms with Crippen LogP contribution in [0.3, 0.4) is 0 Å². The van der Waals surface area contributed by atoms with Gasteiger partial charge in [-0.2, -0.15) is 0 Å². The number of carbonyl (C=O) groups is 1. The number of carbonyl (C=O) groups excluding carboxylic acids is 1. The Morgan fingerprint density at radius 2 is 2.31 bits per heavy atom. The highest BCUT2D eigenvalue weighted by Crippen LogP contribution is 2.23. The fourth-order valence-electron chi connectivity index (χ4n) is 2.20. The van der Waals surface area contributed by atoms with Gasteiger partial charge in [-0.3, -0.25) is 0 Å². The number of ether oxygens (including phenoxy) is 1. The van der Waals surface area contributed by atoms with Gasteiger partial charge in [0, 0.05) is 18.7 Å². The summed E-state index contributed by atoms with van der Waals surface area (Å²) in [5.74, 6) is 0.585. The summed E-state index contributed by atoms with van der Waals surface area (Å²) in [4.78, 5) is 11.0. The van der Waals surface area contributed by atoms with Crippen molar-refractivity contribution in [2.45, 2.75) is 45.6 Å². The predicted molar refractivity (Wildman–Crippen MR) is 65.2 cm³/mol. The summed E-state index contributed by atoms with van der Waals surface area (Å²) in [7, 11) is 0. The molecule has 1 saturated carbocycles. The van der Waals surface area contributed by atoms with E-state index in [4.69, 9.17) is 4.74 Å². The van der Waals surface area contributed by atoms with Gasteiger partial charge < -0.3 is 10.1 Å². The molecular weight excluding hydrogens is 202 g/mol. The molecule has 0 amide bonds. The van der Waals surface area contributed by atoms with E-state index in [1.54, 1.807) is 0 Å². The van der Waals surface area contributed by atoms with Crippen molar-refractivity contribution in [2.24, 2.45) is 5.92 Å². The summed E-state index contributed by atoms with van der Waals surface area (Å²) < 4.78 is 4.80. The van der Waals surface area contributed by atoms with Gasteiger partial charge in [0.1, 0.15) is 0 Å². The van der Waals surface area contributed by atoms with Crippen molar-refractivity contribution in [3.63, 3.8) is 0 Å². The highest BCUT2D eigenvalue weighted by atomic mass is 16.5. The summed E-state index contributed by atoms with van der Waals surface area (Å²) >= 11 is 0. The number of hydrogen-bond donors (Lipinski definition) is 1. The topological polar surface area (TPSA) is 38.3 Å². The van der Waals surface area contributed by atoms with E-state index in [0.29, 0.717) is 12.6 Å². The average Bonchev–Trinajstić information content (AvgIpc) is 2.25. The third-order valence-corrected chi connectivity index (χ3v) is 3.00. The molecule has 0 aromatic carbocycles. The monoisotopic (exact) mass is 225 g/mol. The Morgan fingerprint density at radius 1 is 1.50 bits per heavy atom. The fourth-order valence-corrected chi connectivity index (χ4v) is 2.20. The van der Waals surface area contributed by atoms with E-state index in [9.17, 15) is 4.79 Å². The van der Waals surface area contributed by atoms with Crippen LogP contribution in [0.25, 0.3) is 0 Å². The summed E-state index contributed by atoms with van der Waals surface area (Å²) in [5, 5.41) is 3.45. The Hall–Kier alpha value is -0.830. The highest BCUT2D eigenvalue weighted by molar-refractivity contribution is 5.81. The third kappa shape index (κ3) is 5.31. The van der Waals surface area contributed by atoms with Crippen LogP contribution in [0, 0.1) is 5.92 Å². The molecule has 0 aliphatic heterocycles. The molecule has 0 bridgehead atoms. The van der Waals surface area contributed by atoms with Gasteiger partial charge in [-0.15, -0.1) is 0 Å². The van der Waals surface area contributed by atoms with Crippen molar-refractivity contribution >= 4 is 5.97 Å². The van der Waals surface area contributed by atoms with Gasteiger partial charge in [0.25, 0.3) is 0 Å². The zero-order valence-electron chi connectivity index (χ0n) is 10.4. The second-order valence-electron chi connectivity index (χ2n) is 4.53. The minimum Gasteiger partial charge on any atom is -0.463 e. The Bertz CT molecular complexity index is 238. The van der Waals surface area contributed by atoms with Crippen molar-refractivity contribution in [3.05, 3.63) is 12.2 Å². The predicted octanol–water partition coefficient (Wildman–Crippen LogP) is 2.27. The summed E-state index contributed by atoms with van der Waals surface area (Å²) in [6.07, 6.45) is 8.54. The molecule has 2 unspecified atom stereocenters. The lowest BCUT2D eigenvalue weighted by atomic mass is 9.87. The van der Waals surface area contributed by atoms with Gasteiger partial charge in [0.2, 0.25) is 0 Å². The van der Waals surface area contributed by atoms with Crippen LogP contribution < -0.4 is 5.32 Å². The van der Waals surface area contributed by atoms with Gasteiger partial charge in [-0.1, -0.05) is 25.8 Å². The first kappa shape index (κ1) is 13.2. The summed E-state index contributed by atoms with van der Waals surface area (Å²) in [6, 6.07) is 0.621. The third-order valence-electron chi connectivity index (χ3n) is 3.00. The van der Waals surface area contributed by atoms with E-state index in [0.717, 1.165) is 12.5 Å². The second kappa shape index (κ2) is 7.44. The first-order valence-electron chi connectivity index (χ1n) is 6.29. The lowest BCUT2D eigenvalue weighted by molar-refractivity contribution is -0.137. The smallest absolute Gasteiger partial charge is 0.330 e. The van der Waals surface area contributed by atoms with E-state index < -0.39 is 0 Å². The van der Waals surface area contributed by atoms with Crippen LogP contribution in [0.15, 0.2) is 12.2 Å². The van der Waals surface area contributed by atoms with E-state index in [1.807, 2.05) is 13.0 Å². The van der Waals surface area contributed by atoms with Crippen LogP contribution in [0.1, 0.15) is 39.5 Å². The quantitative estimate of drug-likeness (QED) is 0.576. The van der Waals surface area contributed by atoms with Crippen LogP contribution >= 0.6 is 0 Å². The van der Waals surface area contributed by atoms with Gasteiger partial charge in [0.05, 0.1) is 6.61 Å². The molecule has 1 fully saturated rings. The molecule has 2 atom stereocenters. The van der Waals surface area contributed by atoms with E-state index >= 15 is 0 Å². The molecule has 92 valence electrons. The molecule has 0 spiro atoms. The lowest BCUT2D eigenvalue weighted by Crippen LogP contribution is -2.33. The van der Waals surface area contributed by atoms with Crippen LogP contribution in [0.5, 0.6) is 0 Å². The molecule has 1 N–H and O–H groups in total. The van der Waals surface area contributed by atoms with Gasteiger partial charge in [0.15, 0.2) is 0 Å². The van der Waals surface area contributed by atoms with Crippen molar-refractivity contribution in [1.29, 1.82) is 0 Å². The minimum absolute atomic E-state index is 0.249. The molecule has 16 heavy (non-hydrogen) atoms. The number of esters is 1. The van der Waals surface area contributed by atoms with E-state index in [-0.39, 0.29) is 5.97 Å².